The van der Waals surface area contributed by atoms with Crippen LogP contribution in [0.5, 0.6) is 0 Å². The number of nitrogens with zero attached hydrogens (tertiary/aromatic N) is 4. The lowest BCUT2D eigenvalue weighted by molar-refractivity contribution is -0.0108. The van der Waals surface area contributed by atoms with Crippen LogP contribution in [0.15, 0.2) is 0 Å². The Labute approximate surface area is 235 Å². The van der Waals surface area contributed by atoms with Crippen molar-refractivity contribution in [2.45, 2.75) is 55.4 Å². The summed E-state index contributed by atoms with van der Waals surface area (Å²) in [7, 11) is -9.37. The standard InChI is InChI=1S/C26H60N4O4P4/c1-9-35(31,10-2)23-27-17-18-28(24-36(32,11-3)12-4)20-22-30(26-38(34,15-7)16-8)29(21-19-27)25-37(33,13-5)14-6/h9-26H2,1-8H3. The average molecular weight is 617 g/mol. The van der Waals surface area contributed by atoms with Gasteiger partial charge in [0.2, 0.25) is 0 Å². The number of hydrogen-bond donors (Lipinski definition) is 0. The summed E-state index contributed by atoms with van der Waals surface area (Å²) in [4.78, 5) is 4.64. The molecule has 1 saturated heterocycles. The van der Waals surface area contributed by atoms with Gasteiger partial charge in [-0.2, -0.15) is 0 Å². The minimum atomic E-state index is -2.40. The first-order chi connectivity index (χ1) is 17.8. The first-order valence-corrected chi connectivity index (χ1v) is 24.1. The van der Waals surface area contributed by atoms with Crippen LogP contribution in [-0.4, -0.2) is 134 Å². The molecule has 1 rings (SSSR count). The smallest absolute Gasteiger partial charge is 0.102 e. The van der Waals surface area contributed by atoms with Crippen LogP contribution in [0.2, 0.25) is 0 Å². The van der Waals surface area contributed by atoms with Crippen LogP contribution in [0.1, 0.15) is 55.4 Å². The summed E-state index contributed by atoms with van der Waals surface area (Å²) in [6.45, 7) is 20.5. The maximum absolute atomic E-state index is 13.7. The molecule has 0 aromatic rings. The van der Waals surface area contributed by atoms with Crippen molar-refractivity contribution in [3.05, 3.63) is 0 Å². The van der Waals surface area contributed by atoms with E-state index >= 15 is 0 Å². The van der Waals surface area contributed by atoms with Gasteiger partial charge in [0, 0.05) is 39.3 Å². The van der Waals surface area contributed by atoms with E-state index in [1.54, 1.807) is 0 Å². The van der Waals surface area contributed by atoms with Crippen molar-refractivity contribution in [3.63, 3.8) is 0 Å². The van der Waals surface area contributed by atoms with E-state index in [9.17, 15) is 18.3 Å². The lowest BCUT2D eigenvalue weighted by Crippen LogP contribution is -2.52. The second-order valence-electron chi connectivity index (χ2n) is 11.0. The van der Waals surface area contributed by atoms with E-state index in [2.05, 4.69) is 19.8 Å². The predicted octanol–water partition coefficient (Wildman–Crippen LogP) is 6.56. The predicted molar refractivity (Wildman–Crippen MR) is 171 cm³/mol. The summed E-state index contributed by atoms with van der Waals surface area (Å²) in [6.07, 6.45) is 7.53. The Morgan fingerprint density at radius 3 is 0.816 bits per heavy atom. The molecule has 0 amide bonds. The molecular weight excluding hydrogens is 556 g/mol. The van der Waals surface area contributed by atoms with Crippen LogP contribution >= 0.6 is 28.6 Å². The third-order valence-electron chi connectivity index (χ3n) is 8.85. The molecule has 0 unspecified atom stereocenters. The molecule has 0 atom stereocenters. The molecule has 0 saturated carbocycles. The van der Waals surface area contributed by atoms with E-state index in [4.69, 9.17) is 0 Å². The highest BCUT2D eigenvalue weighted by atomic mass is 31.2. The van der Waals surface area contributed by atoms with Crippen molar-refractivity contribution >= 4 is 28.6 Å². The molecule has 0 spiro atoms. The van der Waals surface area contributed by atoms with E-state index in [-0.39, 0.29) is 0 Å². The maximum Gasteiger partial charge on any atom is 0.102 e. The van der Waals surface area contributed by atoms with E-state index < -0.39 is 28.6 Å². The van der Waals surface area contributed by atoms with Gasteiger partial charge < -0.3 is 18.3 Å². The minimum absolute atomic E-state index is 0.489. The van der Waals surface area contributed by atoms with Crippen molar-refractivity contribution < 1.29 is 18.3 Å². The molecule has 0 aromatic heterocycles. The van der Waals surface area contributed by atoms with Crippen LogP contribution in [0.3, 0.4) is 0 Å². The second kappa shape index (κ2) is 17.0. The topological polar surface area (TPSA) is 81.2 Å². The van der Waals surface area contributed by atoms with Crippen molar-refractivity contribution in [3.8, 4) is 0 Å². The van der Waals surface area contributed by atoms with Crippen LogP contribution in [-0.2, 0) is 18.3 Å². The molecule has 12 heteroatoms. The average Bonchev–Trinajstić information content (AvgIpc) is 2.94. The maximum atomic E-state index is 13.7. The first-order valence-electron chi connectivity index (χ1n) is 15.0. The summed E-state index contributed by atoms with van der Waals surface area (Å²) >= 11 is 0. The van der Waals surface area contributed by atoms with Gasteiger partial charge in [0.1, 0.15) is 28.6 Å². The van der Waals surface area contributed by atoms with Gasteiger partial charge >= 0.3 is 0 Å². The summed E-state index contributed by atoms with van der Waals surface area (Å²) in [5.74, 6) is 0. The quantitative estimate of drug-likeness (QED) is 0.180. The fourth-order valence-corrected chi connectivity index (χ4v) is 12.2. The second-order valence-corrected chi connectivity index (χ2v) is 25.7. The fraction of sp³-hybridized carbons (Fsp3) is 1.00. The zero-order valence-corrected chi connectivity index (χ0v) is 29.5. The summed E-state index contributed by atoms with van der Waals surface area (Å²) < 4.78 is 54.4. The molecule has 38 heavy (non-hydrogen) atoms. The van der Waals surface area contributed by atoms with Gasteiger partial charge in [-0.3, -0.25) is 9.80 Å². The van der Waals surface area contributed by atoms with Crippen molar-refractivity contribution in [2.75, 3.05) is 114 Å². The minimum Gasteiger partial charge on any atom is -0.322 e. The Bertz CT molecular complexity index is 785. The molecule has 0 N–H and O–H groups in total. The van der Waals surface area contributed by atoms with Crippen molar-refractivity contribution in [1.82, 2.24) is 19.8 Å². The zero-order chi connectivity index (χ0) is 29.0. The molecule has 0 radical (unpaired) electrons. The third kappa shape index (κ3) is 11.6. The third-order valence-corrected chi connectivity index (χ3v) is 21.6. The monoisotopic (exact) mass is 616 g/mol. The van der Waals surface area contributed by atoms with Gasteiger partial charge in [0.25, 0.3) is 0 Å². The summed E-state index contributed by atoms with van der Waals surface area (Å²) in [5, 5.41) is 4.45. The lowest BCUT2D eigenvalue weighted by Gasteiger charge is -2.42. The van der Waals surface area contributed by atoms with Gasteiger partial charge in [0.15, 0.2) is 0 Å². The van der Waals surface area contributed by atoms with E-state index in [0.29, 0.717) is 87.5 Å². The highest BCUT2D eigenvalue weighted by Gasteiger charge is 2.32. The van der Waals surface area contributed by atoms with E-state index in [0.717, 1.165) is 26.2 Å². The Morgan fingerprint density at radius 2 is 0.579 bits per heavy atom. The molecule has 1 fully saturated rings. The number of rotatable bonds is 16. The van der Waals surface area contributed by atoms with Gasteiger partial charge in [-0.1, -0.05) is 55.4 Å². The highest BCUT2D eigenvalue weighted by molar-refractivity contribution is 7.64. The van der Waals surface area contributed by atoms with Gasteiger partial charge in [-0.15, -0.1) is 0 Å². The Hall–Kier alpha value is 0.760. The molecule has 8 nitrogen and oxygen atoms in total. The van der Waals surface area contributed by atoms with Crippen molar-refractivity contribution in [2.24, 2.45) is 0 Å². The Morgan fingerprint density at radius 1 is 0.368 bits per heavy atom. The number of hydrogen-bond acceptors (Lipinski definition) is 8. The highest BCUT2D eigenvalue weighted by Crippen LogP contribution is 2.49. The molecule has 0 aromatic carbocycles. The van der Waals surface area contributed by atoms with E-state index in [1.165, 1.54) is 0 Å². The van der Waals surface area contributed by atoms with Gasteiger partial charge in [-0.25, -0.2) is 10.0 Å². The Kier molecular flexibility index (Phi) is 16.5. The van der Waals surface area contributed by atoms with Gasteiger partial charge in [0.05, 0.1) is 25.1 Å². The summed E-state index contributed by atoms with van der Waals surface area (Å²) in [6, 6.07) is 0. The number of hydrazine groups is 1. The summed E-state index contributed by atoms with van der Waals surface area (Å²) in [5.41, 5.74) is 0. The van der Waals surface area contributed by atoms with Gasteiger partial charge in [-0.05, 0) is 49.3 Å². The molecule has 228 valence electrons. The van der Waals surface area contributed by atoms with Crippen molar-refractivity contribution in [1.29, 1.82) is 0 Å². The lowest BCUT2D eigenvalue weighted by atomic mass is 10.4. The van der Waals surface area contributed by atoms with E-state index in [1.807, 2.05) is 55.4 Å². The van der Waals surface area contributed by atoms with Crippen LogP contribution in [0.4, 0.5) is 0 Å². The molecule has 1 heterocycles. The zero-order valence-electron chi connectivity index (χ0n) is 25.9. The Balaban J connectivity index is 3.47. The molecule has 0 aliphatic carbocycles. The van der Waals surface area contributed by atoms with Crippen LogP contribution in [0.25, 0.3) is 0 Å². The fourth-order valence-electron chi connectivity index (χ4n) is 4.92. The molecular formula is C26H60N4O4P4. The molecule has 1 aliphatic heterocycles. The molecule has 1 aliphatic rings. The first kappa shape index (κ1) is 36.8. The van der Waals surface area contributed by atoms with Crippen LogP contribution < -0.4 is 0 Å². The van der Waals surface area contributed by atoms with Crippen LogP contribution in [0, 0.1) is 0 Å². The SMILES string of the molecule is CCP(=O)(CC)CN1CCN(CP(=O)(CC)CC)CCN(CP(=O)(CC)CC)N(CP(=O)(CC)CC)CC1. The largest absolute Gasteiger partial charge is 0.322 e. The normalized spacial score (nSPS) is 19.2. The molecule has 0 bridgehead atoms.